The molecule has 0 radical (unpaired) electrons. The Morgan fingerprint density at radius 1 is 1.41 bits per heavy atom. The third-order valence-corrected chi connectivity index (χ3v) is 4.11. The number of likely N-dealkylation sites (tertiary alicyclic amines) is 1. The fraction of sp³-hybridized carbons (Fsp3) is 0.500. The van der Waals surface area contributed by atoms with Crippen LogP contribution in [0.15, 0.2) is 18.2 Å². The molecule has 90 valence electrons. The molecular weight excluding hydrogens is 212 g/mol. The van der Waals surface area contributed by atoms with E-state index in [4.69, 9.17) is 0 Å². The van der Waals surface area contributed by atoms with Crippen molar-refractivity contribution in [1.29, 1.82) is 0 Å². The molecule has 2 aliphatic rings. The second-order valence-corrected chi connectivity index (χ2v) is 5.30. The Morgan fingerprint density at radius 3 is 3.00 bits per heavy atom. The summed E-state index contributed by atoms with van der Waals surface area (Å²) in [5, 5.41) is 0. The maximum atomic E-state index is 11.3. The summed E-state index contributed by atoms with van der Waals surface area (Å²) in [5.74, 6) is 0.494. The van der Waals surface area contributed by atoms with Crippen molar-refractivity contribution in [3.63, 3.8) is 0 Å². The monoisotopic (exact) mass is 230 g/mol. The highest BCUT2D eigenvalue weighted by molar-refractivity contribution is 5.82. The number of rotatable bonds is 1. The van der Waals surface area contributed by atoms with Crippen LogP contribution < -0.4 is 4.90 Å². The van der Waals surface area contributed by atoms with Gasteiger partial charge in [0, 0.05) is 24.2 Å². The summed E-state index contributed by atoms with van der Waals surface area (Å²) in [4.78, 5) is 15.6. The van der Waals surface area contributed by atoms with Crippen LogP contribution in [-0.4, -0.2) is 37.5 Å². The highest BCUT2D eigenvalue weighted by Crippen LogP contribution is 2.43. The minimum Gasteiger partial charge on any atom is -0.311 e. The van der Waals surface area contributed by atoms with E-state index in [1.165, 1.54) is 11.1 Å². The molecule has 1 aromatic carbocycles. The normalized spacial score (nSPS) is 27.8. The van der Waals surface area contributed by atoms with E-state index in [1.807, 2.05) is 4.90 Å². The smallest absolute Gasteiger partial charge is 0.214 e. The molecule has 2 aliphatic heterocycles. The highest BCUT2D eigenvalue weighted by atomic mass is 16.1. The SMILES string of the molecule is Cc1ccc2c(c1)C1CN(C)CCC1N2C=O. The zero-order valence-electron chi connectivity index (χ0n) is 10.4. The number of hydrogen-bond acceptors (Lipinski definition) is 2. The standard InChI is InChI=1S/C14H18N2O/c1-10-3-4-13-11(7-10)12-8-15(2)6-5-14(12)16(13)9-17/h3-4,7,9,12,14H,5-6,8H2,1-2H3. The number of likely N-dealkylation sites (N-methyl/N-ethyl adjacent to an activating group) is 1. The number of amides is 1. The van der Waals surface area contributed by atoms with E-state index in [9.17, 15) is 4.79 Å². The van der Waals surface area contributed by atoms with Gasteiger partial charge in [0.15, 0.2) is 0 Å². The molecule has 1 fully saturated rings. The molecule has 0 aromatic heterocycles. The summed E-state index contributed by atoms with van der Waals surface area (Å²) in [7, 11) is 2.16. The molecule has 0 N–H and O–H groups in total. The number of benzene rings is 1. The number of carbonyl (C=O) groups is 1. The van der Waals surface area contributed by atoms with Crippen molar-refractivity contribution in [2.24, 2.45) is 0 Å². The Kier molecular flexibility index (Phi) is 2.44. The van der Waals surface area contributed by atoms with Gasteiger partial charge in [0.1, 0.15) is 0 Å². The predicted molar refractivity (Wildman–Crippen MR) is 68.4 cm³/mol. The van der Waals surface area contributed by atoms with Crippen molar-refractivity contribution < 1.29 is 4.79 Å². The van der Waals surface area contributed by atoms with Gasteiger partial charge in [-0.25, -0.2) is 0 Å². The minimum atomic E-state index is 0.375. The molecule has 0 aliphatic carbocycles. The molecule has 0 saturated carbocycles. The van der Waals surface area contributed by atoms with E-state index in [-0.39, 0.29) is 0 Å². The first-order chi connectivity index (χ1) is 8.20. The van der Waals surface area contributed by atoms with E-state index in [2.05, 4.69) is 37.1 Å². The van der Waals surface area contributed by atoms with Crippen molar-refractivity contribution >= 4 is 12.1 Å². The zero-order chi connectivity index (χ0) is 12.0. The molecule has 3 heteroatoms. The summed E-state index contributed by atoms with van der Waals surface area (Å²) in [6, 6.07) is 6.81. The van der Waals surface area contributed by atoms with Crippen LogP contribution in [0.3, 0.4) is 0 Å². The van der Waals surface area contributed by atoms with E-state index in [0.717, 1.165) is 31.6 Å². The first-order valence-corrected chi connectivity index (χ1v) is 6.23. The summed E-state index contributed by atoms with van der Waals surface area (Å²) in [5.41, 5.74) is 3.76. The van der Waals surface area contributed by atoms with Crippen molar-refractivity contribution in [3.8, 4) is 0 Å². The maximum absolute atomic E-state index is 11.3. The largest absolute Gasteiger partial charge is 0.311 e. The number of piperidine rings is 1. The maximum Gasteiger partial charge on any atom is 0.214 e. The van der Waals surface area contributed by atoms with Crippen LogP contribution in [0.4, 0.5) is 5.69 Å². The Hall–Kier alpha value is -1.35. The number of nitrogens with zero attached hydrogens (tertiary/aromatic N) is 2. The molecule has 1 saturated heterocycles. The summed E-state index contributed by atoms with van der Waals surface area (Å²) < 4.78 is 0. The summed E-state index contributed by atoms with van der Waals surface area (Å²) in [6.45, 7) is 4.26. The minimum absolute atomic E-state index is 0.375. The van der Waals surface area contributed by atoms with Gasteiger partial charge in [0.05, 0.1) is 0 Å². The lowest BCUT2D eigenvalue weighted by atomic mass is 9.89. The van der Waals surface area contributed by atoms with Gasteiger partial charge in [-0.3, -0.25) is 4.79 Å². The molecule has 3 nitrogen and oxygen atoms in total. The van der Waals surface area contributed by atoms with Gasteiger partial charge >= 0.3 is 0 Å². The Balaban J connectivity index is 2.07. The molecule has 0 spiro atoms. The fourth-order valence-corrected chi connectivity index (χ4v) is 3.26. The van der Waals surface area contributed by atoms with Crippen LogP contribution in [0.2, 0.25) is 0 Å². The third kappa shape index (κ3) is 1.57. The van der Waals surface area contributed by atoms with Crippen molar-refractivity contribution in [2.75, 3.05) is 25.0 Å². The number of anilines is 1. The number of aryl methyl sites for hydroxylation is 1. The molecule has 2 heterocycles. The summed E-state index contributed by atoms with van der Waals surface area (Å²) in [6.07, 6.45) is 2.08. The number of hydrogen-bond donors (Lipinski definition) is 0. The average Bonchev–Trinajstić information content (AvgIpc) is 2.62. The molecule has 17 heavy (non-hydrogen) atoms. The molecule has 2 atom stereocenters. The van der Waals surface area contributed by atoms with E-state index in [0.29, 0.717) is 12.0 Å². The van der Waals surface area contributed by atoms with Gasteiger partial charge in [-0.15, -0.1) is 0 Å². The van der Waals surface area contributed by atoms with Crippen molar-refractivity contribution in [2.45, 2.75) is 25.3 Å². The van der Waals surface area contributed by atoms with Gasteiger partial charge in [-0.05, 0) is 38.6 Å². The Morgan fingerprint density at radius 2 is 2.24 bits per heavy atom. The molecule has 2 unspecified atom stereocenters. The Bertz CT molecular complexity index is 458. The molecule has 1 aromatic rings. The first kappa shape index (κ1) is 10.8. The van der Waals surface area contributed by atoms with Crippen LogP contribution >= 0.6 is 0 Å². The topological polar surface area (TPSA) is 23.6 Å². The van der Waals surface area contributed by atoms with Gasteiger partial charge in [-0.1, -0.05) is 17.7 Å². The van der Waals surface area contributed by atoms with Crippen LogP contribution in [0, 0.1) is 6.92 Å². The van der Waals surface area contributed by atoms with Crippen LogP contribution in [0.5, 0.6) is 0 Å². The zero-order valence-corrected chi connectivity index (χ0v) is 10.4. The second kappa shape index (κ2) is 3.84. The number of fused-ring (bicyclic) bond motifs is 3. The highest BCUT2D eigenvalue weighted by Gasteiger charge is 2.40. The van der Waals surface area contributed by atoms with E-state index < -0.39 is 0 Å². The van der Waals surface area contributed by atoms with Gasteiger partial charge in [-0.2, -0.15) is 0 Å². The average molecular weight is 230 g/mol. The van der Waals surface area contributed by atoms with Crippen LogP contribution in [0.25, 0.3) is 0 Å². The second-order valence-electron chi connectivity index (χ2n) is 5.30. The molecule has 0 bridgehead atoms. The van der Waals surface area contributed by atoms with Crippen molar-refractivity contribution in [1.82, 2.24) is 4.90 Å². The molecule has 1 amide bonds. The van der Waals surface area contributed by atoms with Gasteiger partial charge in [0.25, 0.3) is 0 Å². The fourth-order valence-electron chi connectivity index (χ4n) is 3.26. The Labute approximate surface area is 102 Å². The van der Waals surface area contributed by atoms with Gasteiger partial charge in [0.2, 0.25) is 6.41 Å². The van der Waals surface area contributed by atoms with Crippen LogP contribution in [0.1, 0.15) is 23.5 Å². The summed E-state index contributed by atoms with van der Waals surface area (Å²) >= 11 is 0. The molecular formula is C14H18N2O. The lowest BCUT2D eigenvalue weighted by molar-refractivity contribution is -0.108. The lowest BCUT2D eigenvalue weighted by Crippen LogP contribution is -2.44. The lowest BCUT2D eigenvalue weighted by Gasteiger charge is -2.35. The predicted octanol–water partition coefficient (Wildman–Crippen LogP) is 1.76. The van der Waals surface area contributed by atoms with Gasteiger partial charge < -0.3 is 9.80 Å². The molecule has 3 rings (SSSR count). The number of carbonyl (C=O) groups excluding carboxylic acids is 1. The third-order valence-electron chi connectivity index (χ3n) is 4.11. The first-order valence-electron chi connectivity index (χ1n) is 6.23. The van der Waals surface area contributed by atoms with E-state index in [1.54, 1.807) is 0 Å². The van der Waals surface area contributed by atoms with Crippen molar-refractivity contribution in [3.05, 3.63) is 29.3 Å². The van der Waals surface area contributed by atoms with Crippen LogP contribution in [-0.2, 0) is 4.79 Å². The quantitative estimate of drug-likeness (QED) is 0.686. The van der Waals surface area contributed by atoms with E-state index >= 15 is 0 Å².